The summed E-state index contributed by atoms with van der Waals surface area (Å²) in [5.74, 6) is -0.406. The Morgan fingerprint density at radius 1 is 1.18 bits per heavy atom. The van der Waals surface area contributed by atoms with Crippen LogP contribution in [0.4, 0.5) is 18.9 Å². The Balaban J connectivity index is 1.80. The van der Waals surface area contributed by atoms with Crippen LogP contribution in [0.3, 0.4) is 0 Å². The molecule has 2 aromatic heterocycles. The highest BCUT2D eigenvalue weighted by atomic mass is 32.1. The summed E-state index contributed by atoms with van der Waals surface area (Å²) in [5, 5.41) is 7.73. The molecule has 0 aliphatic rings. The minimum Gasteiger partial charge on any atom is -0.326 e. The first-order chi connectivity index (χ1) is 13.1. The fourth-order valence-corrected chi connectivity index (χ4v) is 3.72. The van der Waals surface area contributed by atoms with Gasteiger partial charge in [-0.3, -0.25) is 4.79 Å². The van der Waals surface area contributed by atoms with Crippen molar-refractivity contribution in [3.8, 4) is 5.13 Å². The van der Waals surface area contributed by atoms with Gasteiger partial charge in [-0.15, -0.1) is 0 Å². The van der Waals surface area contributed by atoms with Crippen LogP contribution in [0, 0.1) is 27.7 Å². The van der Waals surface area contributed by atoms with Gasteiger partial charge < -0.3 is 5.32 Å². The van der Waals surface area contributed by atoms with Crippen molar-refractivity contribution in [3.05, 3.63) is 57.4 Å². The Morgan fingerprint density at radius 3 is 2.50 bits per heavy atom. The van der Waals surface area contributed by atoms with E-state index >= 15 is 0 Å². The lowest BCUT2D eigenvalue weighted by atomic mass is 10.1. The van der Waals surface area contributed by atoms with Crippen LogP contribution in [-0.4, -0.2) is 20.7 Å². The number of hydrogen-bond acceptors (Lipinski definition) is 4. The number of carbonyl (C=O) groups is 1. The molecular formula is C19H19F3N4OS. The molecule has 0 unspecified atom stereocenters. The fraction of sp³-hybridized carbons (Fsp3) is 0.316. The van der Waals surface area contributed by atoms with Crippen molar-refractivity contribution >= 4 is 22.9 Å². The summed E-state index contributed by atoms with van der Waals surface area (Å²) in [6.07, 6.45) is -4.45. The van der Waals surface area contributed by atoms with Crippen LogP contribution < -0.4 is 5.32 Å². The van der Waals surface area contributed by atoms with Crippen molar-refractivity contribution < 1.29 is 18.0 Å². The summed E-state index contributed by atoms with van der Waals surface area (Å²) in [5.41, 5.74) is 2.42. The third kappa shape index (κ3) is 4.09. The van der Waals surface area contributed by atoms with Gasteiger partial charge in [0.05, 0.1) is 23.4 Å². The third-order valence-corrected chi connectivity index (χ3v) is 5.50. The molecule has 0 bridgehead atoms. The van der Waals surface area contributed by atoms with Crippen LogP contribution in [0.15, 0.2) is 24.3 Å². The van der Waals surface area contributed by atoms with Crippen LogP contribution in [-0.2, 0) is 17.4 Å². The zero-order valence-corrected chi connectivity index (χ0v) is 16.6. The van der Waals surface area contributed by atoms with Crippen LogP contribution in [0.5, 0.6) is 0 Å². The van der Waals surface area contributed by atoms with Gasteiger partial charge in [0.1, 0.15) is 0 Å². The molecule has 0 fully saturated rings. The number of halogens is 3. The standard InChI is InChI=1S/C19H19F3N4OS/c1-10-13(4)28-18(23-10)26-12(3)16(11(2)25-26)9-17(27)24-15-7-5-6-14(8-15)19(20,21)22/h5-8H,9H2,1-4H3,(H,24,27). The summed E-state index contributed by atoms with van der Waals surface area (Å²) in [4.78, 5) is 18.0. The Morgan fingerprint density at radius 2 is 1.89 bits per heavy atom. The number of alkyl halides is 3. The highest BCUT2D eigenvalue weighted by molar-refractivity contribution is 7.14. The van der Waals surface area contributed by atoms with Crippen LogP contribution >= 0.6 is 11.3 Å². The SMILES string of the molecule is Cc1nc(-n2nc(C)c(CC(=O)Nc3cccc(C(F)(F)F)c3)c2C)sc1C. The van der Waals surface area contributed by atoms with Crippen molar-refractivity contribution in [1.29, 1.82) is 0 Å². The zero-order chi connectivity index (χ0) is 20.6. The van der Waals surface area contributed by atoms with E-state index in [1.165, 1.54) is 23.5 Å². The summed E-state index contributed by atoms with van der Waals surface area (Å²) >= 11 is 1.51. The molecule has 1 N–H and O–H groups in total. The molecule has 0 radical (unpaired) electrons. The van der Waals surface area contributed by atoms with E-state index in [1.807, 2.05) is 20.8 Å². The molecule has 0 saturated heterocycles. The number of aryl methyl sites for hydroxylation is 3. The minimum atomic E-state index is -4.46. The minimum absolute atomic E-state index is 0.0112. The quantitative estimate of drug-likeness (QED) is 0.677. The second-order valence-corrected chi connectivity index (χ2v) is 7.68. The van der Waals surface area contributed by atoms with E-state index in [0.717, 1.165) is 39.1 Å². The Labute approximate surface area is 164 Å². The molecule has 2 heterocycles. The van der Waals surface area contributed by atoms with Gasteiger partial charge in [-0.05, 0) is 45.9 Å². The molecular weight excluding hydrogens is 389 g/mol. The number of hydrogen-bond donors (Lipinski definition) is 1. The zero-order valence-electron chi connectivity index (χ0n) is 15.8. The van der Waals surface area contributed by atoms with Crippen molar-refractivity contribution in [2.24, 2.45) is 0 Å². The van der Waals surface area contributed by atoms with E-state index in [-0.39, 0.29) is 12.1 Å². The van der Waals surface area contributed by atoms with Gasteiger partial charge in [-0.1, -0.05) is 17.4 Å². The van der Waals surface area contributed by atoms with E-state index in [2.05, 4.69) is 15.4 Å². The first-order valence-electron chi connectivity index (χ1n) is 8.53. The van der Waals surface area contributed by atoms with Gasteiger partial charge in [0.15, 0.2) is 0 Å². The molecule has 3 aromatic rings. The van der Waals surface area contributed by atoms with E-state index in [0.29, 0.717) is 5.69 Å². The first-order valence-corrected chi connectivity index (χ1v) is 9.34. The molecule has 1 amide bonds. The molecule has 5 nitrogen and oxygen atoms in total. The Hall–Kier alpha value is -2.68. The Kier molecular flexibility index (Phi) is 5.29. The lowest BCUT2D eigenvalue weighted by Crippen LogP contribution is -2.16. The van der Waals surface area contributed by atoms with E-state index < -0.39 is 17.6 Å². The summed E-state index contributed by atoms with van der Waals surface area (Å²) < 4.78 is 40.2. The highest BCUT2D eigenvalue weighted by Gasteiger charge is 2.30. The molecule has 1 aromatic carbocycles. The lowest BCUT2D eigenvalue weighted by Gasteiger charge is -2.10. The van der Waals surface area contributed by atoms with Gasteiger partial charge in [0, 0.05) is 21.8 Å². The number of thiazole rings is 1. The normalized spacial score (nSPS) is 11.7. The molecule has 0 atom stereocenters. The second-order valence-electron chi connectivity index (χ2n) is 6.50. The smallest absolute Gasteiger partial charge is 0.326 e. The van der Waals surface area contributed by atoms with Crippen LogP contribution in [0.1, 0.15) is 33.1 Å². The van der Waals surface area contributed by atoms with Crippen molar-refractivity contribution in [2.75, 3.05) is 5.32 Å². The largest absolute Gasteiger partial charge is 0.416 e. The maximum absolute atomic E-state index is 12.8. The average Bonchev–Trinajstić information content (AvgIpc) is 3.08. The van der Waals surface area contributed by atoms with E-state index in [9.17, 15) is 18.0 Å². The van der Waals surface area contributed by atoms with Gasteiger partial charge >= 0.3 is 6.18 Å². The number of benzene rings is 1. The van der Waals surface area contributed by atoms with Crippen LogP contribution in [0.2, 0.25) is 0 Å². The molecule has 0 spiro atoms. The van der Waals surface area contributed by atoms with Crippen molar-refractivity contribution in [1.82, 2.24) is 14.8 Å². The second kappa shape index (κ2) is 7.38. The van der Waals surface area contributed by atoms with Crippen molar-refractivity contribution in [3.63, 3.8) is 0 Å². The number of anilines is 1. The molecule has 0 saturated carbocycles. The highest BCUT2D eigenvalue weighted by Crippen LogP contribution is 2.31. The van der Waals surface area contributed by atoms with Crippen molar-refractivity contribution in [2.45, 2.75) is 40.3 Å². The number of nitrogens with one attached hydrogen (secondary N) is 1. The molecule has 0 aliphatic heterocycles. The number of rotatable bonds is 4. The molecule has 0 aliphatic carbocycles. The number of carbonyl (C=O) groups excluding carboxylic acids is 1. The van der Waals surface area contributed by atoms with E-state index in [1.54, 1.807) is 11.6 Å². The molecule has 3 rings (SSSR count). The number of nitrogens with zero attached hydrogens (tertiary/aromatic N) is 3. The number of amides is 1. The van der Waals surface area contributed by atoms with Gasteiger partial charge in [0.25, 0.3) is 0 Å². The maximum Gasteiger partial charge on any atom is 0.416 e. The number of aromatic nitrogens is 3. The predicted octanol–water partition coefficient (Wildman–Crippen LogP) is 4.76. The third-order valence-electron chi connectivity index (χ3n) is 4.45. The topological polar surface area (TPSA) is 59.8 Å². The monoisotopic (exact) mass is 408 g/mol. The van der Waals surface area contributed by atoms with Crippen LogP contribution in [0.25, 0.3) is 5.13 Å². The van der Waals surface area contributed by atoms with Gasteiger partial charge in [-0.25, -0.2) is 9.67 Å². The molecule has 28 heavy (non-hydrogen) atoms. The summed E-state index contributed by atoms with van der Waals surface area (Å²) in [6.45, 7) is 7.54. The fourth-order valence-electron chi connectivity index (χ4n) is 2.80. The average molecular weight is 408 g/mol. The maximum atomic E-state index is 12.8. The first kappa shape index (κ1) is 20.1. The molecule has 148 valence electrons. The summed E-state index contributed by atoms with van der Waals surface area (Å²) in [6, 6.07) is 4.58. The van der Waals surface area contributed by atoms with Gasteiger partial charge in [0.2, 0.25) is 11.0 Å². The molecule has 9 heteroatoms. The van der Waals surface area contributed by atoms with E-state index in [4.69, 9.17) is 0 Å². The summed E-state index contributed by atoms with van der Waals surface area (Å²) in [7, 11) is 0. The van der Waals surface area contributed by atoms with Gasteiger partial charge in [-0.2, -0.15) is 18.3 Å². The predicted molar refractivity (Wildman–Crippen MR) is 102 cm³/mol. The Bertz CT molecular complexity index is 1020. The lowest BCUT2D eigenvalue weighted by molar-refractivity contribution is -0.137.